The van der Waals surface area contributed by atoms with Crippen molar-refractivity contribution in [2.45, 2.75) is 50.1 Å². The van der Waals surface area contributed by atoms with Gasteiger partial charge >= 0.3 is 6.18 Å². The molecule has 1 amide bonds. The van der Waals surface area contributed by atoms with Crippen LogP contribution in [0.1, 0.15) is 31.2 Å². The smallest absolute Gasteiger partial charge is 0.378 e. The Morgan fingerprint density at radius 1 is 1.24 bits per heavy atom. The molecule has 1 unspecified atom stereocenters. The Bertz CT molecular complexity index is 844. The van der Waals surface area contributed by atoms with Gasteiger partial charge in [-0.3, -0.25) is 4.79 Å². The van der Waals surface area contributed by atoms with Crippen LogP contribution in [0.2, 0.25) is 0 Å². The summed E-state index contributed by atoms with van der Waals surface area (Å²) in [6.45, 7) is 3.82. The lowest BCUT2D eigenvalue weighted by Crippen LogP contribution is -2.53. The number of halogens is 4. The SMILES string of the molecule is C=C1/C=C2\C(=C/CC(O)(C(F)(F)F)[C@@H]1F)CCCCN2C(=O)Cc1ccccc1. The average molecular weight is 409 g/mol. The third-order valence-corrected chi connectivity index (χ3v) is 5.41. The van der Waals surface area contributed by atoms with Crippen LogP contribution in [0.15, 0.2) is 65.9 Å². The van der Waals surface area contributed by atoms with Crippen molar-refractivity contribution in [1.29, 1.82) is 0 Å². The highest BCUT2D eigenvalue weighted by atomic mass is 19.4. The van der Waals surface area contributed by atoms with Crippen LogP contribution in [-0.4, -0.2) is 40.4 Å². The number of rotatable bonds is 2. The highest BCUT2D eigenvalue weighted by Crippen LogP contribution is 2.43. The van der Waals surface area contributed by atoms with Crippen molar-refractivity contribution in [3.63, 3.8) is 0 Å². The molecule has 3 rings (SSSR count). The Balaban J connectivity index is 1.96. The summed E-state index contributed by atoms with van der Waals surface area (Å²) in [5.41, 5.74) is -2.35. The molecular weight excluding hydrogens is 386 g/mol. The zero-order valence-corrected chi connectivity index (χ0v) is 15.9. The van der Waals surface area contributed by atoms with Gasteiger partial charge in [0.15, 0.2) is 11.8 Å². The number of allylic oxidation sites excluding steroid dienone is 2. The number of hydrogen-bond acceptors (Lipinski definition) is 2. The number of nitrogens with zero attached hydrogens (tertiary/aromatic N) is 1. The number of carbonyl (C=O) groups excluding carboxylic acids is 1. The van der Waals surface area contributed by atoms with Gasteiger partial charge in [0.25, 0.3) is 0 Å². The molecule has 1 heterocycles. The van der Waals surface area contributed by atoms with Crippen LogP contribution < -0.4 is 0 Å². The van der Waals surface area contributed by atoms with Crippen LogP contribution in [0.25, 0.3) is 0 Å². The van der Waals surface area contributed by atoms with E-state index in [1.54, 1.807) is 0 Å². The van der Waals surface area contributed by atoms with Gasteiger partial charge in [-0.2, -0.15) is 13.2 Å². The molecule has 0 saturated carbocycles. The molecule has 0 aromatic heterocycles. The maximum absolute atomic E-state index is 14.7. The molecule has 1 aliphatic carbocycles. The highest BCUT2D eigenvalue weighted by Gasteiger charge is 2.59. The molecule has 7 heteroatoms. The Labute approximate surface area is 167 Å². The fraction of sp³-hybridized carbons (Fsp3) is 0.409. The second kappa shape index (κ2) is 8.14. The second-order valence-corrected chi connectivity index (χ2v) is 7.49. The van der Waals surface area contributed by atoms with E-state index in [2.05, 4.69) is 6.58 Å². The van der Waals surface area contributed by atoms with Gasteiger partial charge in [-0.1, -0.05) is 43.0 Å². The summed E-state index contributed by atoms with van der Waals surface area (Å²) in [6, 6.07) is 9.11. The van der Waals surface area contributed by atoms with E-state index >= 15 is 0 Å². The standard InChI is InChI=1S/C22H23F4NO2/c1-15-13-18-17(10-11-21(29,20(15)23)22(24,25)26)9-5-6-12-27(18)19(28)14-16-7-3-2-4-8-16/h2-4,7-8,10,13,20,29H,1,5-6,9,11-12,14H2/b17-10-,18-13+/t20-,21?/m1/s1. The topological polar surface area (TPSA) is 40.5 Å². The third kappa shape index (κ3) is 4.29. The predicted molar refractivity (Wildman–Crippen MR) is 102 cm³/mol. The number of benzene rings is 1. The van der Waals surface area contributed by atoms with Gasteiger partial charge in [0.05, 0.1) is 6.42 Å². The lowest BCUT2D eigenvalue weighted by molar-refractivity contribution is -0.274. The quantitative estimate of drug-likeness (QED) is 0.723. The molecule has 1 saturated heterocycles. The molecule has 2 aliphatic rings. The molecule has 1 N–H and O–H groups in total. The van der Waals surface area contributed by atoms with Crippen molar-refractivity contribution in [1.82, 2.24) is 4.90 Å². The van der Waals surface area contributed by atoms with E-state index in [4.69, 9.17) is 0 Å². The predicted octanol–water partition coefficient (Wildman–Crippen LogP) is 4.64. The van der Waals surface area contributed by atoms with Crippen LogP contribution in [0.3, 0.4) is 0 Å². The van der Waals surface area contributed by atoms with E-state index in [1.807, 2.05) is 30.3 Å². The molecule has 29 heavy (non-hydrogen) atoms. The van der Waals surface area contributed by atoms with Gasteiger partial charge < -0.3 is 10.0 Å². The number of alkyl halides is 4. The van der Waals surface area contributed by atoms with Crippen molar-refractivity contribution >= 4 is 5.91 Å². The first-order valence-corrected chi connectivity index (χ1v) is 9.51. The maximum atomic E-state index is 14.7. The summed E-state index contributed by atoms with van der Waals surface area (Å²) in [7, 11) is 0. The molecule has 3 nitrogen and oxygen atoms in total. The minimum atomic E-state index is -5.15. The van der Waals surface area contributed by atoms with Crippen LogP contribution >= 0.6 is 0 Å². The van der Waals surface area contributed by atoms with Crippen molar-refractivity contribution in [2.24, 2.45) is 0 Å². The zero-order chi connectivity index (χ0) is 21.2. The molecule has 0 radical (unpaired) electrons. The van der Waals surface area contributed by atoms with E-state index in [0.717, 1.165) is 5.56 Å². The first kappa shape index (κ1) is 21.3. The second-order valence-electron chi connectivity index (χ2n) is 7.49. The van der Waals surface area contributed by atoms with Gasteiger partial charge in [-0.25, -0.2) is 4.39 Å². The lowest BCUT2D eigenvalue weighted by Gasteiger charge is -2.35. The number of aliphatic hydroxyl groups is 1. The van der Waals surface area contributed by atoms with Gasteiger partial charge in [0, 0.05) is 18.7 Å². The molecule has 1 aromatic carbocycles. The van der Waals surface area contributed by atoms with Crippen LogP contribution in [-0.2, 0) is 11.2 Å². The number of likely N-dealkylation sites (tertiary alicyclic amines) is 1. The van der Waals surface area contributed by atoms with E-state index in [9.17, 15) is 27.5 Å². The van der Waals surface area contributed by atoms with Crippen molar-refractivity contribution < 1.29 is 27.5 Å². The van der Waals surface area contributed by atoms with Crippen LogP contribution in [0.4, 0.5) is 17.6 Å². The highest BCUT2D eigenvalue weighted by molar-refractivity contribution is 5.81. The van der Waals surface area contributed by atoms with Crippen molar-refractivity contribution in [3.05, 3.63) is 71.5 Å². The number of carbonyl (C=O) groups is 1. The van der Waals surface area contributed by atoms with E-state index in [1.165, 1.54) is 17.1 Å². The molecule has 0 bridgehead atoms. The Kier molecular flexibility index (Phi) is 5.98. The van der Waals surface area contributed by atoms with Gasteiger partial charge in [-0.15, -0.1) is 0 Å². The Morgan fingerprint density at radius 2 is 1.93 bits per heavy atom. The Hall–Kier alpha value is -2.41. The zero-order valence-electron chi connectivity index (χ0n) is 15.9. The van der Waals surface area contributed by atoms with Crippen molar-refractivity contribution in [2.75, 3.05) is 6.54 Å². The first-order chi connectivity index (χ1) is 13.6. The molecule has 0 spiro atoms. The fourth-order valence-electron chi connectivity index (χ4n) is 3.71. The van der Waals surface area contributed by atoms with Crippen molar-refractivity contribution in [3.8, 4) is 0 Å². The summed E-state index contributed by atoms with van der Waals surface area (Å²) < 4.78 is 54.8. The molecule has 2 atom stereocenters. The summed E-state index contributed by atoms with van der Waals surface area (Å²) >= 11 is 0. The van der Waals surface area contributed by atoms with Crippen LogP contribution in [0, 0.1) is 0 Å². The van der Waals surface area contributed by atoms with E-state index in [0.29, 0.717) is 37.1 Å². The lowest BCUT2D eigenvalue weighted by atomic mass is 9.84. The van der Waals surface area contributed by atoms with Gasteiger partial charge in [0.2, 0.25) is 5.91 Å². The number of fused-ring (bicyclic) bond motifs is 1. The molecule has 156 valence electrons. The summed E-state index contributed by atoms with van der Waals surface area (Å²) in [5.74, 6) is -0.217. The molecular formula is C22H23F4NO2. The summed E-state index contributed by atoms with van der Waals surface area (Å²) in [5, 5.41) is 10.1. The van der Waals surface area contributed by atoms with Crippen LogP contribution in [0.5, 0.6) is 0 Å². The normalized spacial score (nSPS) is 29.5. The minimum absolute atomic E-state index is 0.128. The first-order valence-electron chi connectivity index (χ1n) is 9.51. The molecule has 1 aliphatic heterocycles. The number of amides is 1. The number of hydrogen-bond donors (Lipinski definition) is 1. The van der Waals surface area contributed by atoms with Gasteiger partial charge in [0.1, 0.15) is 0 Å². The van der Waals surface area contributed by atoms with Gasteiger partial charge in [-0.05, 0) is 42.0 Å². The maximum Gasteiger partial charge on any atom is 0.420 e. The minimum Gasteiger partial charge on any atom is -0.378 e. The summed E-state index contributed by atoms with van der Waals surface area (Å²) in [4.78, 5) is 14.5. The fourth-order valence-corrected chi connectivity index (χ4v) is 3.71. The van der Waals surface area contributed by atoms with E-state index in [-0.39, 0.29) is 12.3 Å². The third-order valence-electron chi connectivity index (χ3n) is 5.41. The molecule has 1 aromatic rings. The Morgan fingerprint density at radius 3 is 2.59 bits per heavy atom. The monoisotopic (exact) mass is 409 g/mol. The van der Waals surface area contributed by atoms with E-state index < -0.39 is 29.9 Å². The molecule has 1 fully saturated rings. The largest absolute Gasteiger partial charge is 0.420 e. The summed E-state index contributed by atoms with van der Waals surface area (Å²) in [6.07, 6.45) is -4.48. The average Bonchev–Trinajstić information content (AvgIpc) is 2.86.